The molecule has 0 aliphatic rings. The van der Waals surface area contributed by atoms with Crippen molar-refractivity contribution in [3.05, 3.63) is 71.9 Å². The molecule has 1 unspecified atom stereocenters. The first-order chi connectivity index (χ1) is 17.0. The maximum atomic E-state index is 13.0. The van der Waals surface area contributed by atoms with Gasteiger partial charge in [-0.1, -0.05) is 48.5 Å². The van der Waals surface area contributed by atoms with Gasteiger partial charge >= 0.3 is 19.5 Å². The molecular formula is C24H28N3O8P. The summed E-state index contributed by atoms with van der Waals surface area (Å²) in [6, 6.07) is 13.2. The van der Waals surface area contributed by atoms with E-state index in [0.29, 0.717) is 5.56 Å². The minimum absolute atomic E-state index is 0.0740. The molecule has 3 rings (SSSR count). The summed E-state index contributed by atoms with van der Waals surface area (Å²) >= 11 is 0. The Morgan fingerprint density at radius 1 is 0.944 bits per heavy atom. The van der Waals surface area contributed by atoms with E-state index in [2.05, 4.69) is 15.6 Å². The van der Waals surface area contributed by atoms with E-state index in [0.717, 1.165) is 16.5 Å². The van der Waals surface area contributed by atoms with Gasteiger partial charge in [-0.05, 0) is 30.0 Å². The molecule has 3 aromatic rings. The number of hydrogen-bond donors (Lipinski definition) is 7. The van der Waals surface area contributed by atoms with Gasteiger partial charge in [0.05, 0.1) is 12.5 Å². The van der Waals surface area contributed by atoms with Crippen molar-refractivity contribution in [2.75, 3.05) is 0 Å². The number of benzene rings is 2. The van der Waals surface area contributed by atoms with Crippen molar-refractivity contribution in [1.29, 1.82) is 0 Å². The summed E-state index contributed by atoms with van der Waals surface area (Å²) in [7, 11) is -4.78. The maximum Gasteiger partial charge on any atom is 0.342 e. The number of amides is 1. The Morgan fingerprint density at radius 3 is 2.25 bits per heavy atom. The summed E-state index contributed by atoms with van der Waals surface area (Å²) in [6.07, 6.45) is 0.944. The highest BCUT2D eigenvalue weighted by molar-refractivity contribution is 7.52. The molecular weight excluding hydrogens is 489 g/mol. The lowest BCUT2D eigenvalue weighted by atomic mass is 10.0. The summed E-state index contributed by atoms with van der Waals surface area (Å²) in [5.74, 6) is -5.22. The van der Waals surface area contributed by atoms with Crippen LogP contribution < -0.4 is 10.6 Å². The second kappa shape index (κ2) is 12.0. The number of carbonyl (C=O) groups excluding carboxylic acids is 1. The summed E-state index contributed by atoms with van der Waals surface area (Å²) < 4.78 is 12.1. The van der Waals surface area contributed by atoms with E-state index in [1.165, 1.54) is 0 Å². The summed E-state index contributed by atoms with van der Waals surface area (Å²) in [5, 5.41) is 24.6. The van der Waals surface area contributed by atoms with Crippen LogP contribution in [-0.2, 0) is 31.8 Å². The Kier molecular flexibility index (Phi) is 9.00. The summed E-state index contributed by atoms with van der Waals surface area (Å²) in [5.41, 5.74) is 2.23. The number of carbonyl (C=O) groups is 3. The fourth-order valence-electron chi connectivity index (χ4n) is 3.92. The van der Waals surface area contributed by atoms with Gasteiger partial charge in [-0.25, -0.2) is 4.79 Å². The van der Waals surface area contributed by atoms with Gasteiger partial charge in [0.15, 0.2) is 0 Å². The Labute approximate surface area is 206 Å². The monoisotopic (exact) mass is 517 g/mol. The van der Waals surface area contributed by atoms with E-state index in [4.69, 9.17) is 0 Å². The molecule has 0 saturated carbocycles. The van der Waals surface area contributed by atoms with E-state index >= 15 is 0 Å². The quantitative estimate of drug-likeness (QED) is 0.166. The number of para-hydroxylation sites is 1. The zero-order valence-corrected chi connectivity index (χ0v) is 20.1. The van der Waals surface area contributed by atoms with Gasteiger partial charge in [0, 0.05) is 23.5 Å². The van der Waals surface area contributed by atoms with Gasteiger partial charge in [-0.2, -0.15) is 0 Å². The highest BCUT2D eigenvalue weighted by atomic mass is 31.2. The number of aliphatic carboxylic acids is 2. The number of aryl methyl sites for hydroxylation is 1. The molecule has 1 heterocycles. The predicted molar refractivity (Wildman–Crippen MR) is 131 cm³/mol. The third-order valence-corrected chi connectivity index (χ3v) is 6.98. The van der Waals surface area contributed by atoms with Crippen molar-refractivity contribution in [3.8, 4) is 0 Å². The molecule has 0 saturated heterocycles. The molecule has 12 heteroatoms. The van der Waals surface area contributed by atoms with Gasteiger partial charge in [-0.3, -0.25) is 19.5 Å². The number of aromatic amines is 1. The van der Waals surface area contributed by atoms with Gasteiger partial charge in [0.25, 0.3) is 0 Å². The Balaban J connectivity index is 1.75. The van der Waals surface area contributed by atoms with Crippen molar-refractivity contribution in [2.45, 2.75) is 43.5 Å². The molecule has 0 radical (unpaired) electrons. The van der Waals surface area contributed by atoms with Crippen molar-refractivity contribution < 1.29 is 38.9 Å². The fourth-order valence-corrected chi connectivity index (χ4v) is 4.76. The lowest BCUT2D eigenvalue weighted by Crippen LogP contribution is -2.53. The molecule has 1 aromatic heterocycles. The van der Waals surface area contributed by atoms with Crippen LogP contribution in [0.15, 0.2) is 60.8 Å². The van der Waals surface area contributed by atoms with Gasteiger partial charge < -0.3 is 30.3 Å². The van der Waals surface area contributed by atoms with Crippen molar-refractivity contribution in [2.24, 2.45) is 0 Å². The van der Waals surface area contributed by atoms with Crippen LogP contribution in [0.3, 0.4) is 0 Å². The molecule has 36 heavy (non-hydrogen) atoms. The van der Waals surface area contributed by atoms with Crippen molar-refractivity contribution in [1.82, 2.24) is 15.6 Å². The van der Waals surface area contributed by atoms with Crippen molar-refractivity contribution in [3.63, 3.8) is 0 Å². The first kappa shape index (κ1) is 27.1. The predicted octanol–water partition coefficient (Wildman–Crippen LogP) is 1.85. The van der Waals surface area contributed by atoms with E-state index in [9.17, 15) is 38.9 Å². The minimum Gasteiger partial charge on any atom is -0.481 e. The largest absolute Gasteiger partial charge is 0.481 e. The molecule has 2 aromatic carbocycles. The number of aromatic nitrogens is 1. The van der Waals surface area contributed by atoms with Crippen LogP contribution in [0.5, 0.6) is 0 Å². The lowest BCUT2D eigenvalue weighted by Gasteiger charge is -2.26. The van der Waals surface area contributed by atoms with Crippen LogP contribution in [0, 0.1) is 0 Å². The summed E-state index contributed by atoms with van der Waals surface area (Å²) in [4.78, 5) is 59.0. The Morgan fingerprint density at radius 2 is 1.61 bits per heavy atom. The van der Waals surface area contributed by atoms with E-state index in [1.54, 1.807) is 48.7 Å². The number of nitrogens with one attached hydrogen (secondary N) is 3. The van der Waals surface area contributed by atoms with Crippen LogP contribution in [0.1, 0.15) is 24.0 Å². The molecule has 1 amide bonds. The zero-order valence-electron chi connectivity index (χ0n) is 19.2. The molecule has 11 nitrogen and oxygen atoms in total. The number of carboxylic acid groups (broad SMARTS) is 2. The number of fused-ring (bicyclic) bond motifs is 1. The molecule has 0 bridgehead atoms. The zero-order chi connectivity index (χ0) is 26.3. The van der Waals surface area contributed by atoms with Gasteiger partial charge in [0.1, 0.15) is 11.8 Å². The third kappa shape index (κ3) is 7.50. The third-order valence-electron chi connectivity index (χ3n) is 5.76. The Hall–Kier alpha value is -3.50. The average molecular weight is 517 g/mol. The van der Waals surface area contributed by atoms with E-state index in [1.807, 2.05) is 12.1 Å². The number of rotatable bonds is 13. The highest BCUT2D eigenvalue weighted by Gasteiger charge is 2.35. The Bertz CT molecular complexity index is 1260. The van der Waals surface area contributed by atoms with Crippen LogP contribution in [0.25, 0.3) is 10.9 Å². The topological polar surface area (TPSA) is 189 Å². The van der Waals surface area contributed by atoms with Crippen LogP contribution >= 0.6 is 7.60 Å². The molecule has 0 fully saturated rings. The van der Waals surface area contributed by atoms with Crippen LogP contribution in [-0.4, -0.2) is 60.7 Å². The van der Waals surface area contributed by atoms with Gasteiger partial charge in [-0.15, -0.1) is 0 Å². The molecule has 7 N–H and O–H groups in total. The fraction of sp³-hybridized carbons (Fsp3) is 0.292. The smallest absolute Gasteiger partial charge is 0.342 e. The van der Waals surface area contributed by atoms with Crippen LogP contribution in [0.2, 0.25) is 0 Å². The van der Waals surface area contributed by atoms with Crippen molar-refractivity contribution >= 4 is 36.3 Å². The maximum absolute atomic E-state index is 13.0. The number of hydrogen-bond acceptors (Lipinski definition) is 5. The molecule has 0 spiro atoms. The molecule has 192 valence electrons. The molecule has 3 atom stereocenters. The SMILES string of the molecule is O=C(O)C[C@H](NC(CCc1ccccc1)P(=O)(O)O)C(=O)N[C@@H](Cc1c[nH]c2ccccc12)C(=O)O. The van der Waals surface area contributed by atoms with E-state index in [-0.39, 0.29) is 19.3 Å². The minimum atomic E-state index is -4.78. The molecule has 0 aliphatic heterocycles. The normalized spacial score (nSPS) is 14.2. The highest BCUT2D eigenvalue weighted by Crippen LogP contribution is 2.42. The lowest BCUT2D eigenvalue weighted by molar-refractivity contribution is -0.143. The first-order valence-electron chi connectivity index (χ1n) is 11.2. The van der Waals surface area contributed by atoms with Gasteiger partial charge in [0.2, 0.25) is 5.91 Å². The molecule has 0 aliphatic carbocycles. The van der Waals surface area contributed by atoms with Crippen LogP contribution in [0.4, 0.5) is 0 Å². The van der Waals surface area contributed by atoms with E-state index < -0.39 is 49.7 Å². The summed E-state index contributed by atoms with van der Waals surface area (Å²) in [6.45, 7) is 0. The second-order valence-electron chi connectivity index (χ2n) is 8.41. The average Bonchev–Trinajstić information content (AvgIpc) is 3.23. The standard InChI is InChI=1S/C24H28N3O8P/c28-22(29)13-19(26-21(36(33,34)35)11-10-15-6-2-1-3-7-15)23(30)27-20(24(31)32)12-16-14-25-18-9-5-4-8-17(16)18/h1-9,14,19-21,25-26H,10-13H2,(H,27,30)(H,28,29)(H,31,32)(H2,33,34,35)/t19-,20-,21?/m0/s1. The number of carboxylic acids is 2. The first-order valence-corrected chi connectivity index (χ1v) is 12.9. The second-order valence-corrected chi connectivity index (χ2v) is 10.2. The number of H-pyrrole nitrogens is 1.